The smallest absolute Gasteiger partial charge is 0.225 e. The van der Waals surface area contributed by atoms with Crippen LogP contribution in [0.15, 0.2) is 4.52 Å². The molecule has 2 bridgehead atoms. The molecule has 0 radical (unpaired) electrons. The number of carbonyl (C=O) groups excluding carboxylic acids is 1. The normalized spacial score (nSPS) is 30.8. The highest BCUT2D eigenvalue weighted by atomic mass is 16.5. The number of nitrogens with zero attached hydrogens (tertiary/aromatic N) is 1. The number of carbonyl (C=O) groups is 1. The van der Waals surface area contributed by atoms with Crippen molar-refractivity contribution < 1.29 is 9.32 Å². The first-order valence-electron chi connectivity index (χ1n) is 8.15. The van der Waals surface area contributed by atoms with E-state index < -0.39 is 0 Å². The molecule has 1 amide bonds. The molecule has 0 spiro atoms. The van der Waals surface area contributed by atoms with Crippen LogP contribution < -0.4 is 11.1 Å². The Hall–Kier alpha value is -1.36. The summed E-state index contributed by atoms with van der Waals surface area (Å²) in [7, 11) is 0. The quantitative estimate of drug-likeness (QED) is 0.866. The molecule has 1 aromatic heterocycles. The highest BCUT2D eigenvalue weighted by Gasteiger charge is 2.48. The summed E-state index contributed by atoms with van der Waals surface area (Å²) in [6, 6.07) is 0.0440. The number of nitrogens with two attached hydrogens (primary N) is 1. The van der Waals surface area contributed by atoms with Crippen LogP contribution in [0.3, 0.4) is 0 Å². The van der Waals surface area contributed by atoms with E-state index in [0.717, 1.165) is 42.7 Å². The second-order valence-corrected chi connectivity index (χ2v) is 6.39. The van der Waals surface area contributed by atoms with E-state index >= 15 is 0 Å². The van der Waals surface area contributed by atoms with E-state index in [2.05, 4.69) is 17.4 Å². The van der Waals surface area contributed by atoms with Crippen LogP contribution in [-0.4, -0.2) is 17.1 Å². The number of rotatable bonds is 5. The van der Waals surface area contributed by atoms with Crippen molar-refractivity contribution in [1.82, 2.24) is 10.5 Å². The Balaban J connectivity index is 1.65. The number of nitrogens with one attached hydrogen (secondary N) is 1. The molecule has 5 nitrogen and oxygen atoms in total. The molecule has 5 heteroatoms. The van der Waals surface area contributed by atoms with Crippen LogP contribution in [0.4, 0.5) is 0 Å². The third-order valence-corrected chi connectivity index (χ3v) is 5.33. The van der Waals surface area contributed by atoms with Gasteiger partial charge in [-0.25, -0.2) is 0 Å². The van der Waals surface area contributed by atoms with Gasteiger partial charge in [-0.3, -0.25) is 4.79 Å². The second-order valence-electron chi connectivity index (χ2n) is 6.39. The molecule has 116 valence electrons. The summed E-state index contributed by atoms with van der Waals surface area (Å²) in [5, 5.41) is 7.16. The van der Waals surface area contributed by atoms with E-state index in [1.165, 1.54) is 6.42 Å². The van der Waals surface area contributed by atoms with Crippen molar-refractivity contribution in [3.05, 3.63) is 17.0 Å². The SMILES string of the molecule is CCc1noc(CC)c1CNC(=O)C1C2CCC(C2)C1N. The molecule has 0 aromatic carbocycles. The van der Waals surface area contributed by atoms with Crippen molar-refractivity contribution in [3.63, 3.8) is 0 Å². The predicted octanol–water partition coefficient (Wildman–Crippen LogP) is 1.79. The van der Waals surface area contributed by atoms with E-state index in [1.54, 1.807) is 0 Å². The molecule has 4 atom stereocenters. The maximum atomic E-state index is 12.5. The van der Waals surface area contributed by atoms with E-state index in [0.29, 0.717) is 18.4 Å². The Morgan fingerprint density at radius 1 is 1.33 bits per heavy atom. The van der Waals surface area contributed by atoms with Gasteiger partial charge >= 0.3 is 0 Å². The fourth-order valence-electron chi connectivity index (χ4n) is 4.16. The summed E-state index contributed by atoms with van der Waals surface area (Å²) < 4.78 is 5.34. The largest absolute Gasteiger partial charge is 0.361 e. The molecule has 2 aliphatic rings. The monoisotopic (exact) mass is 291 g/mol. The van der Waals surface area contributed by atoms with Crippen LogP contribution >= 0.6 is 0 Å². The minimum atomic E-state index is -0.00115. The van der Waals surface area contributed by atoms with Crippen LogP contribution in [0.5, 0.6) is 0 Å². The second kappa shape index (κ2) is 5.79. The topological polar surface area (TPSA) is 81.2 Å². The molecule has 1 aromatic rings. The summed E-state index contributed by atoms with van der Waals surface area (Å²) in [5.41, 5.74) is 8.23. The molecule has 21 heavy (non-hydrogen) atoms. The van der Waals surface area contributed by atoms with E-state index in [1.807, 2.05) is 6.92 Å². The van der Waals surface area contributed by atoms with Gasteiger partial charge in [0.2, 0.25) is 5.91 Å². The van der Waals surface area contributed by atoms with Gasteiger partial charge in [-0.05, 0) is 37.5 Å². The van der Waals surface area contributed by atoms with Gasteiger partial charge in [-0.15, -0.1) is 0 Å². The van der Waals surface area contributed by atoms with Crippen LogP contribution in [0.1, 0.15) is 50.1 Å². The third-order valence-electron chi connectivity index (χ3n) is 5.33. The first kappa shape index (κ1) is 14.6. The van der Waals surface area contributed by atoms with Gasteiger partial charge in [0.25, 0.3) is 0 Å². The predicted molar refractivity (Wildman–Crippen MR) is 79.4 cm³/mol. The number of amides is 1. The molecular weight excluding hydrogens is 266 g/mol. The van der Waals surface area contributed by atoms with Crippen molar-refractivity contribution in [3.8, 4) is 0 Å². The molecule has 0 saturated heterocycles. The lowest BCUT2D eigenvalue weighted by Crippen LogP contribution is -2.45. The first-order chi connectivity index (χ1) is 10.2. The highest BCUT2D eigenvalue weighted by Crippen LogP contribution is 2.47. The van der Waals surface area contributed by atoms with E-state index in [4.69, 9.17) is 10.3 Å². The minimum absolute atomic E-state index is 0.00115. The molecular formula is C16H25N3O2. The number of aryl methyl sites for hydroxylation is 2. The van der Waals surface area contributed by atoms with Crippen LogP contribution in [0, 0.1) is 17.8 Å². The molecule has 2 saturated carbocycles. The summed E-state index contributed by atoms with van der Waals surface area (Å²) in [6.07, 6.45) is 5.10. The minimum Gasteiger partial charge on any atom is -0.361 e. The van der Waals surface area contributed by atoms with Crippen LogP contribution in [0.25, 0.3) is 0 Å². The summed E-state index contributed by atoms with van der Waals surface area (Å²) in [4.78, 5) is 12.5. The Morgan fingerprint density at radius 3 is 2.71 bits per heavy atom. The first-order valence-corrected chi connectivity index (χ1v) is 8.15. The van der Waals surface area contributed by atoms with Gasteiger partial charge in [0, 0.05) is 24.6 Å². The van der Waals surface area contributed by atoms with Gasteiger partial charge in [-0.1, -0.05) is 19.0 Å². The molecule has 2 fully saturated rings. The summed E-state index contributed by atoms with van der Waals surface area (Å²) in [6.45, 7) is 4.60. The molecule has 3 rings (SSSR count). The van der Waals surface area contributed by atoms with Crippen molar-refractivity contribution in [2.75, 3.05) is 0 Å². The number of aromatic nitrogens is 1. The standard InChI is InChI=1S/C16H25N3O2/c1-3-12-11(13(4-2)21-19-12)8-18-16(20)14-9-5-6-10(7-9)15(14)17/h9-10,14-15H,3-8,17H2,1-2H3,(H,18,20). The maximum Gasteiger partial charge on any atom is 0.225 e. The molecule has 1 heterocycles. The fraction of sp³-hybridized carbons (Fsp3) is 0.750. The van der Waals surface area contributed by atoms with Crippen molar-refractivity contribution >= 4 is 5.91 Å². The van der Waals surface area contributed by atoms with Gasteiger partial charge < -0.3 is 15.6 Å². The van der Waals surface area contributed by atoms with Crippen molar-refractivity contribution in [2.24, 2.45) is 23.5 Å². The van der Waals surface area contributed by atoms with E-state index in [9.17, 15) is 4.79 Å². The van der Waals surface area contributed by atoms with Gasteiger partial charge in [-0.2, -0.15) is 0 Å². The molecule has 4 unspecified atom stereocenters. The molecule has 0 aliphatic heterocycles. The number of hydrogen-bond donors (Lipinski definition) is 2. The lowest BCUT2D eigenvalue weighted by molar-refractivity contribution is -0.127. The fourth-order valence-corrected chi connectivity index (χ4v) is 4.16. The lowest BCUT2D eigenvalue weighted by Gasteiger charge is -2.27. The zero-order valence-electron chi connectivity index (χ0n) is 12.9. The molecule has 2 aliphatic carbocycles. The molecule has 3 N–H and O–H groups in total. The van der Waals surface area contributed by atoms with Crippen LogP contribution in [0.2, 0.25) is 0 Å². The zero-order valence-corrected chi connectivity index (χ0v) is 12.9. The Morgan fingerprint density at radius 2 is 2.10 bits per heavy atom. The lowest BCUT2D eigenvalue weighted by atomic mass is 9.84. The average molecular weight is 291 g/mol. The summed E-state index contributed by atoms with van der Waals surface area (Å²) in [5.74, 6) is 2.03. The Bertz CT molecular complexity index is 502. The highest BCUT2D eigenvalue weighted by molar-refractivity contribution is 5.80. The summed E-state index contributed by atoms with van der Waals surface area (Å²) >= 11 is 0. The number of fused-ring (bicyclic) bond motifs is 2. The van der Waals surface area contributed by atoms with Gasteiger partial charge in [0.1, 0.15) is 5.76 Å². The zero-order chi connectivity index (χ0) is 15.0. The van der Waals surface area contributed by atoms with Crippen molar-refractivity contribution in [1.29, 1.82) is 0 Å². The van der Waals surface area contributed by atoms with Gasteiger partial charge in [0.15, 0.2) is 0 Å². The van der Waals surface area contributed by atoms with E-state index in [-0.39, 0.29) is 17.9 Å². The Labute approximate surface area is 125 Å². The maximum absolute atomic E-state index is 12.5. The third kappa shape index (κ3) is 2.48. The van der Waals surface area contributed by atoms with Crippen LogP contribution in [-0.2, 0) is 24.2 Å². The number of hydrogen-bond acceptors (Lipinski definition) is 4. The average Bonchev–Trinajstić information content (AvgIpc) is 3.17. The van der Waals surface area contributed by atoms with Gasteiger partial charge in [0.05, 0.1) is 11.6 Å². The Kier molecular flexibility index (Phi) is 4.02. The van der Waals surface area contributed by atoms with Crippen molar-refractivity contribution in [2.45, 2.75) is 58.5 Å².